The predicted octanol–water partition coefficient (Wildman–Crippen LogP) is -3.67. The van der Waals surface area contributed by atoms with E-state index in [2.05, 4.69) is 65.1 Å². The number of ether oxygens (including phenoxy) is 1. The van der Waals surface area contributed by atoms with Crippen molar-refractivity contribution in [1.29, 1.82) is 0 Å². The summed E-state index contributed by atoms with van der Waals surface area (Å²) in [5.41, 5.74) is 18.1. The molecule has 1 saturated heterocycles. The normalized spacial score (nSPS) is 20.8. The van der Waals surface area contributed by atoms with Crippen molar-refractivity contribution in [2.75, 3.05) is 32.0 Å². The SMILES string of the molecule is CCCCCCCCCCCCCCC(=O)N[C@@H](Cc1c[nH]c2ccccc12)C(=O)N[C@@H](CC(N)=O)C(=O)N[C@@H](CC(=O)O)C(=O)N[C@@H]1C(=O)NCC(=O)N[C@@H](CCCN)C(=O)N[C@H](CC(=O)O)C(=O)N[C@H](C)C(=O)N[C@@H](CC(=O)O)C(=O)NCC(=O)N[C@H](CO)C(=O)N[C@@H]([C@@H](C)CC(=O)O)C(=O)N[C@@H](CC(=O)c2ccccc2N)C(=O)O[C@@H]1C. The Morgan fingerprint density at radius 1 is 0.525 bits per heavy atom. The van der Waals surface area contributed by atoms with Crippen molar-refractivity contribution in [2.24, 2.45) is 17.4 Å². The summed E-state index contributed by atoms with van der Waals surface area (Å²) in [6.07, 6.45) is 3.84. The van der Waals surface area contributed by atoms with Gasteiger partial charge in [-0.3, -0.25) is 91.1 Å². The smallest absolute Gasteiger partial charge is 0.329 e. The van der Waals surface area contributed by atoms with E-state index < -0.39 is 261 Å². The van der Waals surface area contributed by atoms with Gasteiger partial charge in [0.2, 0.25) is 82.7 Å². The molecular weight excluding hydrogens is 1580 g/mol. The summed E-state index contributed by atoms with van der Waals surface area (Å²) in [6.45, 7) is 1.22. The van der Waals surface area contributed by atoms with E-state index in [1.54, 1.807) is 30.5 Å². The molecule has 0 aliphatic carbocycles. The zero-order valence-electron chi connectivity index (χ0n) is 67.1. The molecule has 120 heavy (non-hydrogen) atoms. The molecule has 1 aromatic heterocycles. The number of esters is 1. The summed E-state index contributed by atoms with van der Waals surface area (Å²) in [5.74, 6) is -29.7. The van der Waals surface area contributed by atoms with Gasteiger partial charge in [0.1, 0.15) is 72.6 Å². The highest BCUT2D eigenvalue weighted by molar-refractivity contribution is 6.05. The van der Waals surface area contributed by atoms with E-state index in [0.29, 0.717) is 29.3 Å². The van der Waals surface area contributed by atoms with Crippen molar-refractivity contribution in [2.45, 2.75) is 242 Å². The van der Waals surface area contributed by atoms with Gasteiger partial charge in [-0.2, -0.15) is 0 Å². The monoisotopic (exact) mass is 1690 g/mol. The number of ketones is 1. The molecule has 1 aliphatic heterocycles. The number of carboxylic acid groups (broad SMARTS) is 4. The number of hydrogen-bond donors (Lipinski definition) is 22. The zero-order valence-corrected chi connectivity index (χ0v) is 67.1. The highest BCUT2D eigenvalue weighted by atomic mass is 16.5. The van der Waals surface area contributed by atoms with Gasteiger partial charge in [0.05, 0.1) is 51.8 Å². The molecular formula is C77H111N17O26. The first-order valence-electron chi connectivity index (χ1n) is 39.3. The second-order valence-corrected chi connectivity index (χ2v) is 29.0. The largest absolute Gasteiger partial charge is 0.481 e. The highest BCUT2D eigenvalue weighted by Crippen LogP contribution is 2.22. The van der Waals surface area contributed by atoms with Gasteiger partial charge in [-0.15, -0.1) is 0 Å². The number of hydrogen-bond acceptors (Lipinski definition) is 24. The number of aliphatic hydroxyl groups is 1. The fourth-order valence-corrected chi connectivity index (χ4v) is 12.6. The number of aliphatic hydroxyl groups excluding tert-OH is 1. The lowest BCUT2D eigenvalue weighted by Crippen LogP contribution is -2.62. The fourth-order valence-electron chi connectivity index (χ4n) is 12.6. The van der Waals surface area contributed by atoms with Crippen LogP contribution in [0.3, 0.4) is 0 Å². The van der Waals surface area contributed by atoms with E-state index in [-0.39, 0.29) is 37.1 Å². The number of amides is 14. The van der Waals surface area contributed by atoms with Gasteiger partial charge in [0.25, 0.3) is 0 Å². The Kier molecular flexibility index (Phi) is 42.8. The number of aromatic nitrogens is 1. The van der Waals surface area contributed by atoms with E-state index in [0.717, 1.165) is 59.3 Å². The standard InChI is InChI=1S/C77H111N17O26/c1-5-6-7-8-9-10-11-12-13-14-15-16-27-58(98)86-49(30-43-36-81-47-25-20-18-22-44(43)47)71(113)89-50(32-57(80)97)72(114)91-53(35-64(107)108)73(115)94-66-42(4)120-77(119)54(31-56(96)45-23-17-19-24-46(45)79)92-76(118)65(40(2)29-61(101)102)93-74(116)55(39-95)87-60(100)37-82-68(110)51(33-62(103)104)88-67(109)41(3)84-70(112)52(34-63(105)106)90-69(111)48(26-21-28-78)85-59(99)38-83-75(66)117/h17-20,22-25,36,40-42,48-55,65-66,81,95H,5-16,21,26-35,37-39,78-79H2,1-4H3,(H2,80,97)(H,82,110)(H,83,117)(H,84,112)(H,85,99)(H,86,98)(H,87,100)(H,88,109)(H,89,113)(H,90,111)(H,91,114)(H,92,118)(H,93,116)(H,94,115)(H,101,102)(H,103,104)(H,105,106)(H,107,108)/t40-,41+,42+,48-,49-,50-,51-,52+,53-,54-,55+,65-,66-/m0/s1. The summed E-state index contributed by atoms with van der Waals surface area (Å²) < 4.78 is 5.70. The number of primary amides is 1. The summed E-state index contributed by atoms with van der Waals surface area (Å²) in [4.78, 5) is 277. The molecule has 0 radical (unpaired) electrons. The molecule has 43 nitrogen and oxygen atoms in total. The minimum Gasteiger partial charge on any atom is -0.481 e. The van der Waals surface area contributed by atoms with Crippen molar-refractivity contribution in [3.8, 4) is 0 Å². The molecule has 1 fully saturated rings. The maximum Gasteiger partial charge on any atom is 0.329 e. The van der Waals surface area contributed by atoms with Crippen molar-refractivity contribution < 1.29 is 126 Å². The van der Waals surface area contributed by atoms with Crippen molar-refractivity contribution in [3.63, 3.8) is 0 Å². The second-order valence-electron chi connectivity index (χ2n) is 29.0. The summed E-state index contributed by atoms with van der Waals surface area (Å²) >= 11 is 0. The Hall–Kier alpha value is -12.7. The fraction of sp³-hybridized carbons (Fsp3) is 0.558. The first-order valence-corrected chi connectivity index (χ1v) is 39.3. The van der Waals surface area contributed by atoms with Crippen molar-refractivity contribution >= 4 is 135 Å². The molecule has 3 aromatic rings. The van der Waals surface area contributed by atoms with E-state index in [4.69, 9.17) is 21.9 Å². The van der Waals surface area contributed by atoms with Gasteiger partial charge in [-0.1, -0.05) is 115 Å². The van der Waals surface area contributed by atoms with Crippen molar-refractivity contribution in [3.05, 3.63) is 65.9 Å². The Morgan fingerprint density at radius 3 is 1.62 bits per heavy atom. The minimum absolute atomic E-state index is 0.0150. The van der Waals surface area contributed by atoms with Crippen LogP contribution < -0.4 is 86.3 Å². The molecule has 13 atom stereocenters. The van der Waals surface area contributed by atoms with Gasteiger partial charge in [0, 0.05) is 47.6 Å². The maximum atomic E-state index is 14.9. The molecule has 0 bridgehead atoms. The molecule has 4 rings (SSSR count). The number of carbonyl (C=O) groups is 20. The third-order valence-corrected chi connectivity index (χ3v) is 19.1. The number of benzene rings is 2. The lowest BCUT2D eigenvalue weighted by Gasteiger charge is -2.30. The van der Waals surface area contributed by atoms with Gasteiger partial charge < -0.3 is 122 Å². The Labute approximate surface area is 689 Å². The number of cyclic esters (lactones) is 1. The van der Waals surface area contributed by atoms with Crippen LogP contribution in [0.5, 0.6) is 0 Å². The number of aromatic amines is 1. The van der Waals surface area contributed by atoms with Crippen LogP contribution in [0.4, 0.5) is 5.69 Å². The zero-order chi connectivity index (χ0) is 89.3. The molecule has 14 amide bonds. The maximum absolute atomic E-state index is 14.9. The lowest BCUT2D eigenvalue weighted by molar-refractivity contribution is -0.156. The lowest BCUT2D eigenvalue weighted by atomic mass is 9.96. The number of fused-ring (bicyclic) bond motifs is 1. The van der Waals surface area contributed by atoms with Crippen molar-refractivity contribution in [1.82, 2.24) is 74.1 Å². The number of nitrogens with one attached hydrogen (secondary N) is 14. The van der Waals surface area contributed by atoms with Gasteiger partial charge in [-0.05, 0) is 69.3 Å². The number of nitrogens with two attached hydrogens (primary N) is 3. The average Bonchev–Trinajstić information content (AvgIpc) is 1.76. The van der Waals surface area contributed by atoms with Crippen LogP contribution in [0.15, 0.2) is 54.7 Å². The molecule has 0 spiro atoms. The Bertz CT molecular complexity index is 4140. The Morgan fingerprint density at radius 2 is 1.04 bits per heavy atom. The van der Waals surface area contributed by atoms with Crippen LogP contribution in [-0.2, 0) is 102 Å². The molecule has 660 valence electrons. The first-order chi connectivity index (χ1) is 56.9. The number of unbranched alkanes of at least 4 members (excludes halogenated alkanes) is 11. The van der Waals surface area contributed by atoms with Crippen LogP contribution >= 0.6 is 0 Å². The third-order valence-electron chi connectivity index (χ3n) is 19.1. The van der Waals surface area contributed by atoms with Crippen LogP contribution in [-0.4, -0.2) is 248 Å². The first kappa shape index (κ1) is 99.7. The number of Topliss-reactive ketones (excluding diaryl/α,β-unsaturated/α-hetero) is 1. The second kappa shape index (κ2) is 51.5. The molecule has 43 heteroatoms. The van der Waals surface area contributed by atoms with Crippen LogP contribution in [0.2, 0.25) is 0 Å². The van der Waals surface area contributed by atoms with E-state index >= 15 is 0 Å². The highest BCUT2D eigenvalue weighted by Gasteiger charge is 2.41. The predicted molar refractivity (Wildman–Crippen MR) is 423 cm³/mol. The van der Waals surface area contributed by atoms with E-state index in [1.165, 1.54) is 49.9 Å². The number of para-hydroxylation sites is 2. The van der Waals surface area contributed by atoms with Gasteiger partial charge in [0.15, 0.2) is 5.78 Å². The number of aliphatic carboxylic acids is 4. The van der Waals surface area contributed by atoms with E-state index in [1.807, 2.05) is 16.0 Å². The molecule has 1 aliphatic rings. The van der Waals surface area contributed by atoms with E-state index in [9.17, 15) is 121 Å². The number of anilines is 1. The number of nitrogen functional groups attached to an aromatic ring is 1. The molecule has 0 unspecified atom stereocenters. The molecule has 25 N–H and O–H groups in total. The summed E-state index contributed by atoms with van der Waals surface area (Å²) in [6, 6.07) is -10.5. The topological polar surface area (TPSA) is 702 Å². The quantitative estimate of drug-likeness (QED) is 0.0113. The minimum atomic E-state index is -2.45. The molecule has 2 aromatic carbocycles. The van der Waals surface area contributed by atoms with Gasteiger partial charge >= 0.3 is 29.8 Å². The van der Waals surface area contributed by atoms with Crippen LogP contribution in [0, 0.1) is 5.92 Å². The number of carbonyl (C=O) groups excluding carboxylic acids is 16. The number of carboxylic acids is 4. The average molecular weight is 1690 g/mol. The van der Waals surface area contributed by atoms with Crippen LogP contribution in [0.1, 0.15) is 178 Å². The third kappa shape index (κ3) is 35.2. The summed E-state index contributed by atoms with van der Waals surface area (Å²) in [5, 5.41) is 78.9. The van der Waals surface area contributed by atoms with Gasteiger partial charge in [-0.25, -0.2) is 4.79 Å². The summed E-state index contributed by atoms with van der Waals surface area (Å²) in [7, 11) is 0. The Balaban J connectivity index is 1.84. The number of rotatable bonds is 40. The van der Waals surface area contributed by atoms with Crippen LogP contribution in [0.25, 0.3) is 10.9 Å². The molecule has 0 saturated carbocycles. The number of H-pyrrole nitrogens is 1. The molecule has 2 heterocycles.